The molecule has 1 aromatic heterocycles. The molecule has 0 saturated carbocycles. The fourth-order valence-corrected chi connectivity index (χ4v) is 4.22. The van der Waals surface area contributed by atoms with Crippen LogP contribution in [0, 0.1) is 0 Å². The van der Waals surface area contributed by atoms with E-state index in [1.54, 1.807) is 0 Å². The van der Waals surface area contributed by atoms with Gasteiger partial charge in [-0.25, -0.2) is 4.98 Å². The molecule has 3 rings (SSSR count). The lowest BCUT2D eigenvalue weighted by Gasteiger charge is -2.14. The van der Waals surface area contributed by atoms with Crippen LogP contribution in [0.15, 0.2) is 54.6 Å². The number of rotatable bonds is 16. The minimum absolute atomic E-state index is 0.102. The monoisotopic (exact) mass is 461 g/mol. The fourth-order valence-electron chi connectivity index (χ4n) is 4.22. The minimum atomic E-state index is 0.102. The van der Waals surface area contributed by atoms with Crippen LogP contribution in [0.25, 0.3) is 22.2 Å². The van der Waals surface area contributed by atoms with Crippen LogP contribution in [0.3, 0.4) is 0 Å². The third kappa shape index (κ3) is 8.76. The molecule has 0 radical (unpaired) electrons. The summed E-state index contributed by atoms with van der Waals surface area (Å²) < 4.78 is 11.7. The number of hydrogen-bond donors (Lipinski definition) is 0. The zero-order valence-electron chi connectivity index (χ0n) is 21.5. The Labute approximate surface area is 206 Å². The third-order valence-electron chi connectivity index (χ3n) is 6.36. The largest absolute Gasteiger partial charge is 0.491 e. The summed E-state index contributed by atoms with van der Waals surface area (Å²) in [6.45, 7) is 7.92. The highest BCUT2D eigenvalue weighted by Crippen LogP contribution is 2.24. The molecule has 3 aromatic rings. The molecule has 0 spiro atoms. The lowest BCUT2D eigenvalue weighted by atomic mass is 10.0. The van der Waals surface area contributed by atoms with E-state index in [1.165, 1.54) is 62.3 Å². The van der Waals surface area contributed by atoms with E-state index in [1.807, 2.05) is 12.1 Å². The maximum absolute atomic E-state index is 5.91. The van der Waals surface area contributed by atoms with E-state index in [9.17, 15) is 0 Å². The molecule has 0 amide bonds. The van der Waals surface area contributed by atoms with E-state index in [2.05, 4.69) is 63.2 Å². The molecule has 1 unspecified atom stereocenters. The van der Waals surface area contributed by atoms with E-state index in [-0.39, 0.29) is 6.10 Å². The van der Waals surface area contributed by atoms with E-state index >= 15 is 0 Å². The maximum Gasteiger partial charge on any atom is 0.119 e. The number of fused-ring (bicyclic) bond motifs is 1. The zero-order chi connectivity index (χ0) is 24.0. The Balaban J connectivity index is 1.50. The highest BCUT2D eigenvalue weighted by atomic mass is 16.5. The van der Waals surface area contributed by atoms with Gasteiger partial charge in [-0.05, 0) is 74.2 Å². The second-order valence-corrected chi connectivity index (χ2v) is 9.47. The normalized spacial score (nSPS) is 12.2. The quantitative estimate of drug-likeness (QED) is 0.200. The Hall–Kier alpha value is -2.39. The number of aromatic nitrogens is 1. The van der Waals surface area contributed by atoms with Crippen molar-refractivity contribution in [2.45, 2.75) is 91.1 Å². The number of ether oxygens (including phenoxy) is 2. The van der Waals surface area contributed by atoms with Gasteiger partial charge in [-0.2, -0.15) is 0 Å². The standard InChI is InChI=1S/C31H43NO2/c1-4-6-8-9-10-11-13-26-14-20-31-28(23-26)17-21-30(32-31)27-15-18-29(19-16-27)34-24-25(3)33-22-12-7-5-2/h14-21,23,25H,4-13,22,24H2,1-3H3. The molecule has 3 heteroatoms. The van der Waals surface area contributed by atoms with Crippen molar-refractivity contribution in [1.82, 2.24) is 4.98 Å². The summed E-state index contributed by atoms with van der Waals surface area (Å²) in [5, 5.41) is 1.22. The first-order valence-corrected chi connectivity index (χ1v) is 13.4. The van der Waals surface area contributed by atoms with Crippen molar-refractivity contribution < 1.29 is 9.47 Å². The maximum atomic E-state index is 5.91. The molecule has 0 aliphatic heterocycles. The van der Waals surface area contributed by atoms with Crippen molar-refractivity contribution in [3.05, 3.63) is 60.2 Å². The van der Waals surface area contributed by atoms with E-state index in [0.29, 0.717) is 6.61 Å². The second kappa shape index (κ2) is 14.8. The average Bonchev–Trinajstić information content (AvgIpc) is 2.87. The van der Waals surface area contributed by atoms with Gasteiger partial charge in [0, 0.05) is 17.6 Å². The summed E-state index contributed by atoms with van der Waals surface area (Å²) in [5.41, 5.74) is 4.57. The topological polar surface area (TPSA) is 31.4 Å². The van der Waals surface area contributed by atoms with Crippen molar-refractivity contribution >= 4 is 10.9 Å². The Morgan fingerprint density at radius 2 is 1.50 bits per heavy atom. The van der Waals surface area contributed by atoms with Crippen molar-refractivity contribution in [3.63, 3.8) is 0 Å². The van der Waals surface area contributed by atoms with Crippen LogP contribution in [0.2, 0.25) is 0 Å². The van der Waals surface area contributed by atoms with E-state index in [0.717, 1.165) is 42.0 Å². The number of pyridine rings is 1. The van der Waals surface area contributed by atoms with Crippen LogP contribution in [-0.4, -0.2) is 24.3 Å². The smallest absolute Gasteiger partial charge is 0.119 e. The summed E-state index contributed by atoms with van der Waals surface area (Å²) >= 11 is 0. The molecular weight excluding hydrogens is 418 g/mol. The first kappa shape index (κ1) is 26.2. The van der Waals surface area contributed by atoms with Gasteiger partial charge in [-0.1, -0.05) is 70.9 Å². The van der Waals surface area contributed by atoms with Crippen molar-refractivity contribution in [1.29, 1.82) is 0 Å². The number of unbranched alkanes of at least 4 members (excludes halogenated alkanes) is 7. The van der Waals surface area contributed by atoms with Crippen LogP contribution >= 0.6 is 0 Å². The molecule has 3 nitrogen and oxygen atoms in total. The summed E-state index contributed by atoms with van der Waals surface area (Å²) in [7, 11) is 0. The van der Waals surface area contributed by atoms with Gasteiger partial charge in [0.25, 0.3) is 0 Å². The molecule has 1 heterocycles. The van der Waals surface area contributed by atoms with Crippen molar-refractivity contribution in [2.75, 3.05) is 13.2 Å². The van der Waals surface area contributed by atoms with Gasteiger partial charge in [0.2, 0.25) is 0 Å². The van der Waals surface area contributed by atoms with Crippen LogP contribution in [0.5, 0.6) is 5.75 Å². The Morgan fingerprint density at radius 3 is 2.29 bits per heavy atom. The average molecular weight is 462 g/mol. The molecule has 34 heavy (non-hydrogen) atoms. The third-order valence-corrected chi connectivity index (χ3v) is 6.36. The lowest BCUT2D eigenvalue weighted by Crippen LogP contribution is -2.18. The molecule has 2 aromatic carbocycles. The van der Waals surface area contributed by atoms with Crippen LogP contribution < -0.4 is 4.74 Å². The van der Waals surface area contributed by atoms with Crippen LogP contribution in [0.4, 0.5) is 0 Å². The van der Waals surface area contributed by atoms with Gasteiger partial charge in [0.05, 0.1) is 17.3 Å². The number of nitrogens with zero attached hydrogens (tertiary/aromatic N) is 1. The fraction of sp³-hybridized carbons (Fsp3) is 0.516. The van der Waals surface area contributed by atoms with Gasteiger partial charge >= 0.3 is 0 Å². The van der Waals surface area contributed by atoms with Gasteiger partial charge in [0.1, 0.15) is 12.4 Å². The van der Waals surface area contributed by atoms with Gasteiger partial charge in [-0.15, -0.1) is 0 Å². The van der Waals surface area contributed by atoms with Gasteiger partial charge < -0.3 is 9.47 Å². The molecule has 1 atom stereocenters. The Morgan fingerprint density at radius 1 is 0.765 bits per heavy atom. The van der Waals surface area contributed by atoms with Crippen LogP contribution in [0.1, 0.15) is 84.1 Å². The minimum Gasteiger partial charge on any atom is -0.491 e. The summed E-state index contributed by atoms with van der Waals surface area (Å²) in [6, 6.07) is 19.3. The number of benzene rings is 2. The summed E-state index contributed by atoms with van der Waals surface area (Å²) in [4.78, 5) is 4.91. The predicted octanol–water partition coefficient (Wildman–Crippen LogP) is 8.78. The molecule has 0 N–H and O–H groups in total. The number of hydrogen-bond acceptors (Lipinski definition) is 3. The molecule has 0 bridgehead atoms. The highest BCUT2D eigenvalue weighted by molar-refractivity contribution is 5.82. The first-order valence-electron chi connectivity index (χ1n) is 13.4. The molecule has 0 saturated heterocycles. The summed E-state index contributed by atoms with van der Waals surface area (Å²) in [6.07, 6.45) is 12.8. The second-order valence-electron chi connectivity index (χ2n) is 9.47. The van der Waals surface area contributed by atoms with Crippen molar-refractivity contribution in [3.8, 4) is 17.0 Å². The SMILES string of the molecule is CCCCCCCCc1ccc2nc(-c3ccc(OCC(C)OCCCCC)cc3)ccc2c1. The van der Waals surface area contributed by atoms with E-state index < -0.39 is 0 Å². The van der Waals surface area contributed by atoms with Crippen molar-refractivity contribution in [2.24, 2.45) is 0 Å². The number of aryl methyl sites for hydroxylation is 1. The molecule has 0 fully saturated rings. The molecular formula is C31H43NO2. The Bertz CT molecular complexity index is 967. The molecule has 184 valence electrons. The summed E-state index contributed by atoms with van der Waals surface area (Å²) in [5.74, 6) is 0.868. The molecule has 0 aliphatic rings. The van der Waals surface area contributed by atoms with Gasteiger partial charge in [0.15, 0.2) is 0 Å². The Kier molecular flexibility index (Phi) is 11.4. The zero-order valence-corrected chi connectivity index (χ0v) is 21.5. The lowest BCUT2D eigenvalue weighted by molar-refractivity contribution is 0.0304. The van der Waals surface area contributed by atoms with Gasteiger partial charge in [-0.3, -0.25) is 0 Å². The van der Waals surface area contributed by atoms with E-state index in [4.69, 9.17) is 14.5 Å². The predicted molar refractivity (Wildman–Crippen MR) is 145 cm³/mol. The first-order chi connectivity index (χ1) is 16.7. The highest BCUT2D eigenvalue weighted by Gasteiger charge is 2.06. The van der Waals surface area contributed by atoms with Crippen LogP contribution in [-0.2, 0) is 11.2 Å². The molecule has 0 aliphatic carbocycles.